The molecule has 0 radical (unpaired) electrons. The van der Waals surface area contributed by atoms with Crippen molar-refractivity contribution in [2.45, 2.75) is 24.9 Å². The maximum Gasteiger partial charge on any atom is 0.409 e. The molecule has 12 nitrogen and oxygen atoms in total. The molecule has 156 valence electrons. The van der Waals surface area contributed by atoms with Crippen molar-refractivity contribution in [3.05, 3.63) is 51.2 Å². The van der Waals surface area contributed by atoms with E-state index >= 15 is 0 Å². The highest BCUT2D eigenvalue weighted by Crippen LogP contribution is 2.28. The fourth-order valence-electron chi connectivity index (χ4n) is 3.24. The summed E-state index contributed by atoms with van der Waals surface area (Å²) in [6, 6.07) is -1.36. The van der Waals surface area contributed by atoms with Crippen LogP contribution in [0, 0.1) is 0 Å². The van der Waals surface area contributed by atoms with E-state index in [-0.39, 0.29) is 35.4 Å². The Morgan fingerprint density at radius 3 is 2.33 bits per heavy atom. The van der Waals surface area contributed by atoms with Gasteiger partial charge in [0.2, 0.25) is 5.76 Å². The smallest absolute Gasteiger partial charge is 0.409 e. The number of carboxylic acid groups (broad SMARTS) is 4. The molecule has 1 aromatic heterocycles. The Bertz CT molecular complexity index is 1120. The Kier molecular flexibility index (Phi) is 5.24. The zero-order valence-corrected chi connectivity index (χ0v) is 15.1. The summed E-state index contributed by atoms with van der Waals surface area (Å²) in [7, 11) is 0. The molecule has 3 heterocycles. The highest BCUT2D eigenvalue weighted by Gasteiger charge is 2.43. The lowest BCUT2D eigenvalue weighted by molar-refractivity contribution is -0.458. The van der Waals surface area contributed by atoms with E-state index in [9.17, 15) is 34.2 Å². The largest absolute Gasteiger partial charge is 0.480 e. The Labute approximate surface area is 166 Å². The molecule has 3 rings (SSSR count). The second-order valence-corrected chi connectivity index (χ2v) is 6.54. The van der Waals surface area contributed by atoms with Gasteiger partial charge in [0.25, 0.3) is 11.7 Å². The van der Waals surface area contributed by atoms with E-state index in [2.05, 4.69) is 5.32 Å². The maximum atomic E-state index is 12.3. The highest BCUT2D eigenvalue weighted by atomic mass is 16.4. The number of carboxylic acids is 4. The molecule has 2 aliphatic heterocycles. The number of carbonyl (C=O) groups is 4. The van der Waals surface area contributed by atoms with Crippen LogP contribution in [0.25, 0.3) is 0 Å². The van der Waals surface area contributed by atoms with Gasteiger partial charge in [-0.1, -0.05) is 0 Å². The summed E-state index contributed by atoms with van der Waals surface area (Å²) in [6.45, 7) is 0. The van der Waals surface area contributed by atoms with Crippen molar-refractivity contribution in [1.29, 1.82) is 0 Å². The van der Waals surface area contributed by atoms with Gasteiger partial charge in [0.15, 0.2) is 6.21 Å². The minimum atomic E-state index is -1.48. The lowest BCUT2D eigenvalue weighted by Crippen LogP contribution is -2.41. The molecule has 30 heavy (non-hydrogen) atoms. The van der Waals surface area contributed by atoms with E-state index in [0.717, 1.165) is 10.6 Å². The summed E-state index contributed by atoms with van der Waals surface area (Å²) in [5.41, 5.74) is -1.12. The van der Waals surface area contributed by atoms with Crippen molar-refractivity contribution >= 4 is 35.8 Å². The van der Waals surface area contributed by atoms with Crippen molar-refractivity contribution in [1.82, 2.24) is 5.32 Å². The van der Waals surface area contributed by atoms with Crippen LogP contribution in [0.4, 0.5) is 5.69 Å². The first-order valence-corrected chi connectivity index (χ1v) is 8.48. The predicted molar refractivity (Wildman–Crippen MR) is 96.0 cm³/mol. The fraction of sp³-hybridized carbons (Fsp3) is 0.222. The minimum absolute atomic E-state index is 0.0897. The molecule has 0 aromatic carbocycles. The van der Waals surface area contributed by atoms with Gasteiger partial charge < -0.3 is 30.2 Å². The van der Waals surface area contributed by atoms with E-state index in [4.69, 9.17) is 14.6 Å². The van der Waals surface area contributed by atoms with Crippen LogP contribution in [-0.4, -0.2) is 67.2 Å². The van der Waals surface area contributed by atoms with Gasteiger partial charge in [0.05, 0.1) is 6.42 Å². The van der Waals surface area contributed by atoms with Crippen LogP contribution in [0.3, 0.4) is 0 Å². The highest BCUT2D eigenvalue weighted by molar-refractivity contribution is 5.90. The third-order valence-corrected chi connectivity index (χ3v) is 4.59. The van der Waals surface area contributed by atoms with E-state index in [1.54, 1.807) is 0 Å². The molecule has 0 saturated carbocycles. The first-order valence-electron chi connectivity index (χ1n) is 8.48. The molecule has 0 amide bonds. The number of nitrogens with zero attached hydrogens (tertiary/aromatic N) is 1. The predicted octanol–water partition coefficient (Wildman–Crippen LogP) is -0.596. The van der Waals surface area contributed by atoms with Crippen LogP contribution in [-0.2, 0) is 20.8 Å². The molecule has 0 spiro atoms. The average molecular weight is 419 g/mol. The van der Waals surface area contributed by atoms with Crippen LogP contribution in [0.15, 0.2) is 38.7 Å². The van der Waals surface area contributed by atoms with Crippen molar-refractivity contribution in [3.8, 4) is 0 Å². The number of hydrogen-bond donors (Lipinski definition) is 5. The third kappa shape index (κ3) is 3.83. The van der Waals surface area contributed by atoms with Gasteiger partial charge in [-0.3, -0.25) is 0 Å². The van der Waals surface area contributed by atoms with E-state index < -0.39 is 47.3 Å². The second-order valence-electron chi connectivity index (χ2n) is 6.54. The van der Waals surface area contributed by atoms with Crippen LogP contribution in [0.2, 0.25) is 0 Å². The monoisotopic (exact) mass is 419 g/mol. The summed E-state index contributed by atoms with van der Waals surface area (Å²) >= 11 is 0. The number of allylic oxidation sites excluding steroid dienone is 2. The Balaban J connectivity index is 2.09. The standard InChI is InChI=1S/C18H14N2O10/c21-14(22)9-3-7(4-10(19-9)15(23)24)1-2-20-11(16(25)26)5-8-6-12(17(27)28)30-18(29)13(8)20/h1-3,6,10-11H,4-5H2,(H4,21,22,23,24,25,26,27,28)/p+1/t10-,11-/m0/s1. The fourth-order valence-corrected chi connectivity index (χ4v) is 3.24. The molecule has 12 heteroatoms. The van der Waals surface area contributed by atoms with Crippen molar-refractivity contribution < 1.29 is 48.6 Å². The van der Waals surface area contributed by atoms with Crippen LogP contribution >= 0.6 is 0 Å². The molecule has 1 aromatic rings. The molecule has 0 unspecified atom stereocenters. The van der Waals surface area contributed by atoms with E-state index in [1.807, 2.05) is 0 Å². The molecule has 0 saturated heterocycles. The minimum Gasteiger partial charge on any atom is -0.480 e. The molecular formula is C18H15N2O10+. The Morgan fingerprint density at radius 1 is 1.07 bits per heavy atom. The third-order valence-electron chi connectivity index (χ3n) is 4.59. The summed E-state index contributed by atoms with van der Waals surface area (Å²) in [4.78, 5) is 57.4. The number of aromatic carboxylic acids is 1. The van der Waals surface area contributed by atoms with Gasteiger partial charge in [0.1, 0.15) is 11.7 Å². The number of fused-ring (bicyclic) bond motifs is 1. The lowest BCUT2D eigenvalue weighted by atomic mass is 10.00. The zero-order valence-electron chi connectivity index (χ0n) is 15.1. The Hall–Kier alpha value is -4.22. The Morgan fingerprint density at radius 2 is 1.77 bits per heavy atom. The van der Waals surface area contributed by atoms with Gasteiger partial charge in [-0.2, -0.15) is 4.58 Å². The summed E-state index contributed by atoms with van der Waals surface area (Å²) in [5, 5.41) is 39.2. The van der Waals surface area contributed by atoms with Gasteiger partial charge in [-0.05, 0) is 17.7 Å². The second kappa shape index (κ2) is 7.66. The van der Waals surface area contributed by atoms with Crippen molar-refractivity contribution in [2.24, 2.45) is 0 Å². The topological polar surface area (TPSA) is 194 Å². The molecule has 0 fully saturated rings. The molecule has 2 atom stereocenters. The van der Waals surface area contributed by atoms with Gasteiger partial charge in [0, 0.05) is 18.1 Å². The normalized spacial score (nSPS) is 22.9. The lowest BCUT2D eigenvalue weighted by Gasteiger charge is -2.21. The number of nitrogens with one attached hydrogen (secondary N) is 1. The van der Waals surface area contributed by atoms with Gasteiger partial charge >= 0.3 is 29.5 Å². The average Bonchev–Trinajstić information content (AvgIpc) is 3.05. The molecular weight excluding hydrogens is 404 g/mol. The quantitative estimate of drug-likeness (QED) is 0.383. The molecule has 5 N–H and O–H groups in total. The first kappa shape index (κ1) is 20.5. The SMILES string of the molecule is O=C(O)C1=C/C(=C/C=[N+]2c3c(cc(C(=O)O)oc3=O)C[C@H]2C(=O)O)C[C@@H](C(=O)O)N1. The van der Waals surface area contributed by atoms with Crippen molar-refractivity contribution in [3.63, 3.8) is 0 Å². The number of aliphatic carboxylic acids is 3. The van der Waals surface area contributed by atoms with Crippen LogP contribution in [0.1, 0.15) is 22.5 Å². The maximum absolute atomic E-state index is 12.3. The number of rotatable bonds is 5. The van der Waals surface area contributed by atoms with E-state index in [1.165, 1.54) is 18.4 Å². The van der Waals surface area contributed by atoms with Crippen LogP contribution in [0.5, 0.6) is 0 Å². The molecule has 0 bridgehead atoms. The molecule has 2 aliphatic rings. The number of hydrogen-bond acceptors (Lipinski definition) is 7. The first-order chi connectivity index (χ1) is 14.1. The summed E-state index contributed by atoms with van der Waals surface area (Å²) in [6.07, 6.45) is 3.45. The molecule has 0 aliphatic carbocycles. The van der Waals surface area contributed by atoms with Crippen LogP contribution < -0.4 is 10.9 Å². The summed E-state index contributed by atoms with van der Waals surface area (Å²) < 4.78 is 5.80. The zero-order chi connectivity index (χ0) is 22.2. The van der Waals surface area contributed by atoms with E-state index in [0.29, 0.717) is 0 Å². The summed E-state index contributed by atoms with van der Waals surface area (Å²) in [5.74, 6) is -6.03. The van der Waals surface area contributed by atoms with Gasteiger partial charge in [-0.25, -0.2) is 24.0 Å². The van der Waals surface area contributed by atoms with Crippen molar-refractivity contribution in [2.75, 3.05) is 0 Å². The van der Waals surface area contributed by atoms with Gasteiger partial charge in [-0.15, -0.1) is 0 Å².